The molecule has 5 rings (SSSR count). The summed E-state index contributed by atoms with van der Waals surface area (Å²) in [6.45, 7) is 11.6. The maximum Gasteiger partial charge on any atom is 0.322 e. The maximum absolute atomic E-state index is 13.0. The predicted molar refractivity (Wildman–Crippen MR) is 142 cm³/mol. The lowest BCUT2D eigenvalue weighted by Gasteiger charge is -2.71. The van der Waals surface area contributed by atoms with E-state index in [0.29, 0.717) is 30.1 Å². The number of aliphatic carboxylic acids is 2. The molecule has 0 bridgehead atoms. The first kappa shape index (κ1) is 27.0. The van der Waals surface area contributed by atoms with Gasteiger partial charge in [-0.25, -0.2) is 0 Å². The van der Waals surface area contributed by atoms with Gasteiger partial charge in [0.25, 0.3) is 0 Å². The van der Waals surface area contributed by atoms with Gasteiger partial charge in [-0.2, -0.15) is 0 Å². The number of fused-ring (bicyclic) bond motifs is 7. The van der Waals surface area contributed by atoms with Gasteiger partial charge in [0.2, 0.25) is 5.91 Å². The summed E-state index contributed by atoms with van der Waals surface area (Å²) in [4.78, 5) is 37.0. The molecular formula is C31H49NO5. The third-order valence-electron chi connectivity index (χ3n) is 13.8. The number of amides is 1. The number of carboxylic acid groups (broad SMARTS) is 2. The zero-order chi connectivity index (χ0) is 27.0. The molecule has 208 valence electrons. The molecule has 0 radical (unpaired) electrons. The van der Waals surface area contributed by atoms with Crippen molar-refractivity contribution in [2.75, 3.05) is 6.54 Å². The molecule has 0 aliphatic heterocycles. The Morgan fingerprint density at radius 2 is 1.59 bits per heavy atom. The highest BCUT2D eigenvalue weighted by Crippen LogP contribution is 2.76. The highest BCUT2D eigenvalue weighted by molar-refractivity contribution is 5.83. The molecule has 6 nitrogen and oxygen atoms in total. The monoisotopic (exact) mass is 515 g/mol. The van der Waals surface area contributed by atoms with Gasteiger partial charge in [-0.3, -0.25) is 14.4 Å². The fraction of sp³-hybridized carbons (Fsp3) is 0.903. The first-order chi connectivity index (χ1) is 17.3. The average Bonchev–Trinajstić information content (AvgIpc) is 3.23. The second kappa shape index (κ2) is 8.98. The second-order valence-corrected chi connectivity index (χ2v) is 14.7. The number of hydrogen-bond donors (Lipinski definition) is 3. The Morgan fingerprint density at radius 1 is 0.865 bits per heavy atom. The molecule has 0 saturated heterocycles. The molecule has 6 heteroatoms. The molecule has 0 aromatic carbocycles. The Labute approximate surface area is 222 Å². The Bertz CT molecular complexity index is 965. The fourth-order valence-corrected chi connectivity index (χ4v) is 11.8. The summed E-state index contributed by atoms with van der Waals surface area (Å²) in [6, 6.07) is 0. The smallest absolute Gasteiger partial charge is 0.322 e. The molecule has 0 spiro atoms. The largest absolute Gasteiger partial charge is 0.481 e. The minimum Gasteiger partial charge on any atom is -0.481 e. The Kier molecular flexibility index (Phi) is 6.55. The van der Waals surface area contributed by atoms with E-state index in [-0.39, 0.29) is 41.0 Å². The second-order valence-electron chi connectivity index (χ2n) is 14.7. The molecule has 5 aliphatic carbocycles. The van der Waals surface area contributed by atoms with Crippen molar-refractivity contribution in [1.29, 1.82) is 0 Å². The summed E-state index contributed by atoms with van der Waals surface area (Å²) < 4.78 is 0. The molecule has 1 amide bonds. The van der Waals surface area contributed by atoms with Gasteiger partial charge >= 0.3 is 11.9 Å². The van der Waals surface area contributed by atoms with Gasteiger partial charge in [0.1, 0.15) is 6.54 Å². The van der Waals surface area contributed by atoms with Crippen molar-refractivity contribution >= 4 is 17.8 Å². The van der Waals surface area contributed by atoms with Crippen LogP contribution in [0.15, 0.2) is 0 Å². The van der Waals surface area contributed by atoms with Crippen LogP contribution < -0.4 is 5.32 Å². The van der Waals surface area contributed by atoms with Crippen LogP contribution in [-0.4, -0.2) is 34.6 Å². The van der Waals surface area contributed by atoms with Crippen molar-refractivity contribution in [3.8, 4) is 0 Å². The van der Waals surface area contributed by atoms with Gasteiger partial charge in [0, 0.05) is 5.92 Å². The average molecular weight is 516 g/mol. The first-order valence-electron chi connectivity index (χ1n) is 15.0. The lowest BCUT2D eigenvalue weighted by molar-refractivity contribution is -0.232. The Balaban J connectivity index is 1.50. The van der Waals surface area contributed by atoms with Crippen molar-refractivity contribution in [3.05, 3.63) is 0 Å². The molecule has 0 heterocycles. The van der Waals surface area contributed by atoms with Crippen LogP contribution in [0, 0.1) is 63.1 Å². The van der Waals surface area contributed by atoms with Gasteiger partial charge in [0.05, 0.1) is 5.41 Å². The number of hydrogen-bond acceptors (Lipinski definition) is 3. The van der Waals surface area contributed by atoms with E-state index in [1.165, 1.54) is 38.5 Å². The summed E-state index contributed by atoms with van der Waals surface area (Å²) in [6.07, 6.45) is 11.8. The zero-order valence-electron chi connectivity index (χ0n) is 23.6. The number of nitrogens with one attached hydrogen (secondary N) is 1. The topological polar surface area (TPSA) is 104 Å². The van der Waals surface area contributed by atoms with E-state index >= 15 is 0 Å². The normalized spacial score (nSPS) is 49.5. The van der Waals surface area contributed by atoms with Gasteiger partial charge in [-0.05, 0) is 110 Å². The Hall–Kier alpha value is -1.59. The van der Waals surface area contributed by atoms with Gasteiger partial charge in [-0.1, -0.05) is 47.5 Å². The number of carbonyl (C=O) groups is 3. The van der Waals surface area contributed by atoms with Crippen LogP contribution in [0.1, 0.15) is 105 Å². The maximum atomic E-state index is 13.0. The highest BCUT2D eigenvalue weighted by atomic mass is 16.4. The predicted octanol–water partition coefficient (Wildman–Crippen LogP) is 5.99. The van der Waals surface area contributed by atoms with Crippen LogP contribution in [0.4, 0.5) is 0 Å². The first-order valence-corrected chi connectivity index (χ1v) is 15.0. The van der Waals surface area contributed by atoms with E-state index in [2.05, 4.69) is 33.0 Å². The van der Waals surface area contributed by atoms with Crippen molar-refractivity contribution in [2.45, 2.75) is 105 Å². The van der Waals surface area contributed by atoms with Gasteiger partial charge < -0.3 is 15.5 Å². The van der Waals surface area contributed by atoms with Crippen LogP contribution in [-0.2, 0) is 14.4 Å². The quantitative estimate of drug-likeness (QED) is 0.417. The van der Waals surface area contributed by atoms with Crippen molar-refractivity contribution in [3.63, 3.8) is 0 Å². The summed E-state index contributed by atoms with van der Waals surface area (Å²) in [7, 11) is 0. The summed E-state index contributed by atoms with van der Waals surface area (Å²) in [5, 5.41) is 22.3. The lowest BCUT2D eigenvalue weighted by atomic mass is 9.33. The minimum absolute atomic E-state index is 0.0173. The third kappa shape index (κ3) is 3.66. The van der Waals surface area contributed by atoms with E-state index in [1.54, 1.807) is 0 Å². The Morgan fingerprint density at radius 3 is 2.27 bits per heavy atom. The molecule has 10 unspecified atom stereocenters. The molecule has 5 fully saturated rings. The number of rotatable bonds is 5. The van der Waals surface area contributed by atoms with E-state index < -0.39 is 17.4 Å². The molecule has 3 N–H and O–H groups in total. The van der Waals surface area contributed by atoms with Crippen molar-refractivity contribution in [1.82, 2.24) is 5.32 Å². The molecule has 5 aliphatic rings. The fourth-order valence-electron chi connectivity index (χ4n) is 11.8. The van der Waals surface area contributed by atoms with Gasteiger partial charge in [0.15, 0.2) is 0 Å². The van der Waals surface area contributed by atoms with Crippen molar-refractivity contribution in [2.24, 2.45) is 63.1 Å². The van der Waals surface area contributed by atoms with Crippen LogP contribution in [0.5, 0.6) is 0 Å². The van der Waals surface area contributed by atoms with Crippen LogP contribution in [0.3, 0.4) is 0 Å². The molecule has 0 aromatic heterocycles. The summed E-state index contributed by atoms with van der Waals surface area (Å²) >= 11 is 0. The van der Waals surface area contributed by atoms with E-state index in [1.807, 2.05) is 6.92 Å². The lowest BCUT2D eigenvalue weighted by Crippen LogP contribution is -2.65. The third-order valence-corrected chi connectivity index (χ3v) is 13.8. The van der Waals surface area contributed by atoms with Crippen molar-refractivity contribution < 1.29 is 24.6 Å². The minimum atomic E-state index is -1.05. The molecule has 37 heavy (non-hydrogen) atoms. The van der Waals surface area contributed by atoms with Gasteiger partial charge in [-0.15, -0.1) is 0 Å². The molecular weight excluding hydrogens is 466 g/mol. The van der Waals surface area contributed by atoms with Crippen LogP contribution in [0.25, 0.3) is 0 Å². The molecule has 5 saturated carbocycles. The zero-order valence-corrected chi connectivity index (χ0v) is 23.6. The number of carboxylic acids is 2. The van der Waals surface area contributed by atoms with E-state index in [9.17, 15) is 19.5 Å². The summed E-state index contributed by atoms with van der Waals surface area (Å²) in [5.41, 5.74) is -0.127. The molecule has 0 aromatic rings. The standard InChI is InChI=1S/C31H49NO5/c1-18-7-6-12-28(3)21(18)11-13-30(5)23(28)9-8-22-25-20(19(2)26(35)32-17-24(33)34)10-14-31(25,27(36)37)16-15-29(22,30)4/h18-23,25H,6-17H2,1-5H3,(H,32,35)(H,33,34)(H,36,37)/t18?,19?,20?,21?,22?,23?,25?,28?,29-,30?,31?/m1/s1. The van der Waals surface area contributed by atoms with E-state index in [4.69, 9.17) is 5.11 Å². The highest BCUT2D eigenvalue weighted by Gasteiger charge is 2.71. The number of carbonyl (C=O) groups excluding carboxylic acids is 1. The van der Waals surface area contributed by atoms with E-state index in [0.717, 1.165) is 31.1 Å². The van der Waals surface area contributed by atoms with Crippen LogP contribution in [0.2, 0.25) is 0 Å². The van der Waals surface area contributed by atoms with Crippen LogP contribution >= 0.6 is 0 Å². The molecule has 11 atom stereocenters. The summed E-state index contributed by atoms with van der Waals surface area (Å²) in [5.74, 6) is 0.171. The SMILES string of the molecule is CC1CCCC2(C)C1CCC1(C)C2CCC2C3C(C(C)C(=O)NCC(=O)O)CCC3(C(=O)O)CC[C@]21C.